The van der Waals surface area contributed by atoms with Gasteiger partial charge < -0.3 is 5.73 Å². The predicted octanol–water partition coefficient (Wildman–Crippen LogP) is 0.392. The van der Waals surface area contributed by atoms with E-state index < -0.39 is 0 Å². The van der Waals surface area contributed by atoms with Crippen LogP contribution in [0.25, 0.3) is 0 Å². The Morgan fingerprint density at radius 2 is 2.00 bits per heavy atom. The molecule has 0 aromatic carbocycles. The van der Waals surface area contributed by atoms with Gasteiger partial charge in [-0.1, -0.05) is 12.6 Å². The number of aromatic nitrogens is 2. The van der Waals surface area contributed by atoms with Crippen molar-refractivity contribution >= 4 is 5.82 Å². The summed E-state index contributed by atoms with van der Waals surface area (Å²) in [5.41, 5.74) is 7.28. The second kappa shape index (κ2) is 3.32. The van der Waals surface area contributed by atoms with E-state index in [1.165, 1.54) is 0 Å². The average molecular weight is 199 g/mol. The number of nitrogens with zero attached hydrogens (tertiary/aromatic N) is 2. The van der Waals surface area contributed by atoms with Crippen molar-refractivity contribution in [3.63, 3.8) is 0 Å². The SMILES string of the molecule is Cc1nnc(N)[c-]1C.[Y]. The molecule has 0 aliphatic rings. The van der Waals surface area contributed by atoms with Crippen molar-refractivity contribution in [3.8, 4) is 0 Å². The van der Waals surface area contributed by atoms with Crippen molar-refractivity contribution in [2.75, 3.05) is 5.73 Å². The molecule has 2 N–H and O–H groups in total. The molecule has 1 rings (SSSR count). The minimum absolute atomic E-state index is 0. The molecule has 0 saturated heterocycles. The Kier molecular flexibility index (Phi) is 3.37. The third kappa shape index (κ3) is 1.76. The summed E-state index contributed by atoms with van der Waals surface area (Å²) >= 11 is 0. The first-order chi connectivity index (χ1) is 3.72. The van der Waals surface area contributed by atoms with E-state index in [1.54, 1.807) is 0 Å². The molecule has 0 aliphatic carbocycles. The molecule has 0 atom stereocenters. The van der Waals surface area contributed by atoms with Crippen LogP contribution in [0.5, 0.6) is 0 Å². The number of nitrogens with two attached hydrogens (primary N) is 1. The quantitative estimate of drug-likeness (QED) is 0.615. The molecule has 9 heavy (non-hydrogen) atoms. The van der Waals surface area contributed by atoms with Crippen molar-refractivity contribution in [3.05, 3.63) is 11.3 Å². The summed E-state index contributed by atoms with van der Waals surface area (Å²) in [5.74, 6) is 0.544. The summed E-state index contributed by atoms with van der Waals surface area (Å²) < 4.78 is 0. The Labute approximate surface area is 79.3 Å². The van der Waals surface area contributed by atoms with Crippen LogP contribution in [0.1, 0.15) is 11.3 Å². The first-order valence-corrected chi connectivity index (χ1v) is 2.44. The Hall–Kier alpha value is 0.114. The molecule has 0 unspecified atom stereocenters. The van der Waals surface area contributed by atoms with Gasteiger partial charge in [0, 0.05) is 32.7 Å². The average Bonchev–Trinajstić information content (AvgIpc) is 1.98. The van der Waals surface area contributed by atoms with Crippen LogP contribution in [0, 0.1) is 13.8 Å². The van der Waals surface area contributed by atoms with E-state index in [0.29, 0.717) is 5.82 Å². The van der Waals surface area contributed by atoms with E-state index in [2.05, 4.69) is 10.2 Å². The third-order valence-electron chi connectivity index (χ3n) is 1.23. The van der Waals surface area contributed by atoms with Gasteiger partial charge in [0.2, 0.25) is 0 Å². The standard InChI is InChI=1S/C5H8N3.Y/c1-3-4(2)7-8-5(3)6;/h1-2H3,(H2,6,8);/q-1;. The van der Waals surface area contributed by atoms with Crippen molar-refractivity contribution in [1.29, 1.82) is 0 Å². The second-order valence-electron chi connectivity index (χ2n) is 1.80. The van der Waals surface area contributed by atoms with E-state index in [0.717, 1.165) is 11.3 Å². The zero-order valence-electron chi connectivity index (χ0n) is 5.55. The van der Waals surface area contributed by atoms with Crippen LogP contribution in [0.15, 0.2) is 0 Å². The topological polar surface area (TPSA) is 51.8 Å². The molecule has 1 radical (unpaired) electrons. The van der Waals surface area contributed by atoms with Crippen LogP contribution in [-0.4, -0.2) is 10.2 Å². The summed E-state index contributed by atoms with van der Waals surface area (Å²) in [4.78, 5) is 0. The van der Waals surface area contributed by atoms with Crippen LogP contribution in [0.2, 0.25) is 0 Å². The van der Waals surface area contributed by atoms with Gasteiger partial charge in [0.05, 0.1) is 0 Å². The van der Waals surface area contributed by atoms with Gasteiger partial charge in [-0.15, -0.1) is 0 Å². The first-order valence-electron chi connectivity index (χ1n) is 2.44. The Morgan fingerprint density at radius 1 is 1.44 bits per heavy atom. The van der Waals surface area contributed by atoms with Gasteiger partial charge >= 0.3 is 0 Å². The molecule has 0 amide bonds. The number of hydrogen-bond donors (Lipinski definition) is 1. The molecule has 3 nitrogen and oxygen atoms in total. The summed E-state index contributed by atoms with van der Waals surface area (Å²) in [6.07, 6.45) is 0. The van der Waals surface area contributed by atoms with E-state index in [-0.39, 0.29) is 32.7 Å². The van der Waals surface area contributed by atoms with Gasteiger partial charge in [0.1, 0.15) is 0 Å². The fourth-order valence-corrected chi connectivity index (χ4v) is 0.464. The van der Waals surface area contributed by atoms with Gasteiger partial charge in [-0.05, 0) is 5.82 Å². The zero-order chi connectivity index (χ0) is 6.15. The second-order valence-corrected chi connectivity index (χ2v) is 1.80. The normalized spacial score (nSPS) is 8.67. The number of aryl methyl sites for hydroxylation is 1. The largest absolute Gasteiger partial charge is 0.409 e. The van der Waals surface area contributed by atoms with Crippen LogP contribution >= 0.6 is 0 Å². The fraction of sp³-hybridized carbons (Fsp3) is 0.400. The van der Waals surface area contributed by atoms with E-state index >= 15 is 0 Å². The van der Waals surface area contributed by atoms with Crippen molar-refractivity contribution in [1.82, 2.24) is 10.2 Å². The molecular formula is C5H8N3Y-. The van der Waals surface area contributed by atoms with Crippen molar-refractivity contribution in [2.45, 2.75) is 13.8 Å². The number of nitrogen functional groups attached to an aromatic ring is 1. The molecular weight excluding hydrogens is 191 g/mol. The molecule has 0 spiro atoms. The minimum atomic E-state index is 0. The monoisotopic (exact) mass is 199 g/mol. The van der Waals surface area contributed by atoms with Gasteiger partial charge in [-0.25, -0.2) is 0 Å². The van der Waals surface area contributed by atoms with Gasteiger partial charge in [0.15, 0.2) is 0 Å². The van der Waals surface area contributed by atoms with Crippen LogP contribution in [-0.2, 0) is 32.7 Å². The Balaban J connectivity index is 0.000000640. The summed E-state index contributed by atoms with van der Waals surface area (Å²) in [5, 5.41) is 7.38. The maximum atomic E-state index is 5.37. The molecule has 1 aromatic rings. The Bertz CT molecular complexity index is 175. The van der Waals surface area contributed by atoms with E-state index in [9.17, 15) is 0 Å². The maximum Gasteiger partial charge on any atom is 0 e. The number of anilines is 1. The minimum Gasteiger partial charge on any atom is -0.409 e. The summed E-state index contributed by atoms with van der Waals surface area (Å²) in [6.45, 7) is 3.80. The molecule has 0 bridgehead atoms. The molecule has 0 saturated carbocycles. The van der Waals surface area contributed by atoms with Gasteiger partial charge in [-0.3, -0.25) is 5.56 Å². The van der Waals surface area contributed by atoms with Gasteiger partial charge in [-0.2, -0.15) is 17.1 Å². The van der Waals surface area contributed by atoms with Crippen molar-refractivity contribution < 1.29 is 32.7 Å². The van der Waals surface area contributed by atoms with Crippen molar-refractivity contribution in [2.24, 2.45) is 0 Å². The molecule has 47 valence electrons. The first kappa shape index (κ1) is 9.11. The number of rotatable bonds is 0. The molecule has 1 heterocycles. The van der Waals surface area contributed by atoms with Crippen LogP contribution in [0.4, 0.5) is 5.82 Å². The smallest absolute Gasteiger partial charge is 0 e. The molecule has 0 fully saturated rings. The molecule has 0 aliphatic heterocycles. The molecule has 4 heteroatoms. The summed E-state index contributed by atoms with van der Waals surface area (Å²) in [6, 6.07) is 0. The number of hydrogen-bond acceptors (Lipinski definition) is 3. The fourth-order valence-electron chi connectivity index (χ4n) is 0.464. The van der Waals surface area contributed by atoms with E-state index in [1.807, 2.05) is 13.8 Å². The zero-order valence-corrected chi connectivity index (χ0v) is 8.39. The van der Waals surface area contributed by atoms with Crippen LogP contribution < -0.4 is 5.73 Å². The third-order valence-corrected chi connectivity index (χ3v) is 1.23. The molecule has 1 aromatic heterocycles. The van der Waals surface area contributed by atoms with Gasteiger partial charge in [0.25, 0.3) is 0 Å². The van der Waals surface area contributed by atoms with E-state index in [4.69, 9.17) is 5.73 Å². The predicted molar refractivity (Wildman–Crippen MR) is 31.5 cm³/mol. The maximum absolute atomic E-state index is 5.37. The summed E-state index contributed by atoms with van der Waals surface area (Å²) in [7, 11) is 0. The Morgan fingerprint density at radius 3 is 2.11 bits per heavy atom. The van der Waals surface area contributed by atoms with Crippen LogP contribution in [0.3, 0.4) is 0 Å².